The Hall–Kier alpha value is -4.14. The van der Waals surface area contributed by atoms with Gasteiger partial charge in [0, 0.05) is 0 Å². The lowest BCUT2D eigenvalue weighted by molar-refractivity contribution is -0.206. The largest absolute Gasteiger partial charge is 0.490 e. The summed E-state index contributed by atoms with van der Waals surface area (Å²) >= 11 is 0. The monoisotopic (exact) mass is 544 g/mol. The molecule has 1 N–H and O–H groups in total. The number of halogens is 4. The summed E-state index contributed by atoms with van der Waals surface area (Å²) in [5, 5.41) is 9.48. The minimum Gasteiger partial charge on any atom is -0.490 e. The number of carbonyl (C=O) groups is 2. The van der Waals surface area contributed by atoms with Gasteiger partial charge in [-0.25, -0.2) is 14.0 Å². The van der Waals surface area contributed by atoms with E-state index in [2.05, 4.69) is 11.3 Å². The fraction of sp³-hybridized carbons (Fsp3) is 0.267. The van der Waals surface area contributed by atoms with E-state index < -0.39 is 42.0 Å². The SMILES string of the molecule is C=CCOc1ccc(-c2ccc(C(=O)O)cc2-c2ccc(C(=O)OC(CCCCC)C(F)(F)F)c(F)c2)cc1. The molecule has 3 rings (SSSR count). The van der Waals surface area contributed by atoms with Crippen molar-refractivity contribution in [1.82, 2.24) is 0 Å². The van der Waals surface area contributed by atoms with Crippen LogP contribution in [0.4, 0.5) is 17.6 Å². The summed E-state index contributed by atoms with van der Waals surface area (Å²) in [5.41, 5.74) is 1.12. The average Bonchev–Trinajstić information content (AvgIpc) is 2.90. The Morgan fingerprint density at radius 2 is 1.67 bits per heavy atom. The van der Waals surface area contributed by atoms with Gasteiger partial charge >= 0.3 is 18.1 Å². The molecule has 5 nitrogen and oxygen atoms in total. The van der Waals surface area contributed by atoms with Crippen molar-refractivity contribution < 1.29 is 41.7 Å². The van der Waals surface area contributed by atoms with Crippen molar-refractivity contribution in [3.05, 3.63) is 90.3 Å². The number of aromatic carboxylic acids is 1. The Kier molecular flexibility index (Phi) is 9.87. The van der Waals surface area contributed by atoms with Crippen molar-refractivity contribution >= 4 is 11.9 Å². The van der Waals surface area contributed by atoms with E-state index in [4.69, 9.17) is 4.74 Å². The molecule has 9 heteroatoms. The van der Waals surface area contributed by atoms with Gasteiger partial charge in [-0.3, -0.25) is 0 Å². The zero-order valence-electron chi connectivity index (χ0n) is 21.3. The Morgan fingerprint density at radius 3 is 2.26 bits per heavy atom. The lowest BCUT2D eigenvalue weighted by atomic mass is 9.92. The number of carbonyl (C=O) groups excluding carboxylic acids is 1. The van der Waals surface area contributed by atoms with E-state index >= 15 is 4.39 Å². The zero-order valence-corrected chi connectivity index (χ0v) is 21.3. The molecule has 0 spiro atoms. The summed E-state index contributed by atoms with van der Waals surface area (Å²) in [6, 6.07) is 14.6. The molecule has 0 aliphatic rings. The van der Waals surface area contributed by atoms with E-state index in [0.29, 0.717) is 41.9 Å². The van der Waals surface area contributed by atoms with Crippen LogP contribution in [0.1, 0.15) is 53.3 Å². The van der Waals surface area contributed by atoms with Crippen LogP contribution >= 0.6 is 0 Å². The molecular formula is C30H28F4O5. The van der Waals surface area contributed by atoms with Gasteiger partial charge in [0.05, 0.1) is 11.1 Å². The van der Waals surface area contributed by atoms with Crippen molar-refractivity contribution in [2.45, 2.75) is 44.9 Å². The summed E-state index contributed by atoms with van der Waals surface area (Å²) in [6.45, 7) is 5.73. The van der Waals surface area contributed by atoms with Crippen molar-refractivity contribution in [1.29, 1.82) is 0 Å². The van der Waals surface area contributed by atoms with E-state index in [9.17, 15) is 27.9 Å². The number of benzene rings is 3. The Balaban J connectivity index is 1.95. The van der Waals surface area contributed by atoms with Gasteiger partial charge in [-0.05, 0) is 71.5 Å². The van der Waals surface area contributed by atoms with Crippen LogP contribution in [-0.4, -0.2) is 35.9 Å². The molecule has 39 heavy (non-hydrogen) atoms. The third kappa shape index (κ3) is 7.69. The lowest BCUT2D eigenvalue weighted by Crippen LogP contribution is -2.34. The van der Waals surface area contributed by atoms with Crippen LogP contribution in [0.25, 0.3) is 22.3 Å². The predicted octanol–water partition coefficient (Wildman–Crippen LogP) is 8.09. The van der Waals surface area contributed by atoms with E-state index in [1.807, 2.05) is 6.92 Å². The average molecular weight is 545 g/mol. The summed E-state index contributed by atoms with van der Waals surface area (Å²) in [6.07, 6.45) is -4.50. The molecule has 0 aliphatic carbocycles. The maximum Gasteiger partial charge on any atom is 0.425 e. The van der Waals surface area contributed by atoms with Gasteiger partial charge in [-0.15, -0.1) is 0 Å². The summed E-state index contributed by atoms with van der Waals surface area (Å²) in [5.74, 6) is -3.12. The highest BCUT2D eigenvalue weighted by Crippen LogP contribution is 2.35. The number of rotatable bonds is 12. The van der Waals surface area contributed by atoms with Crippen LogP contribution < -0.4 is 4.74 Å². The second kappa shape index (κ2) is 13.1. The molecule has 0 amide bonds. The fourth-order valence-electron chi connectivity index (χ4n) is 3.96. The minimum absolute atomic E-state index is 0.0521. The standard InChI is InChI=1S/C30H28F4O5/c1-3-5-6-7-27(30(32,33)34)39-29(37)24-15-10-20(18-26(24)31)25-17-21(28(35)36)11-14-23(25)19-8-12-22(13-9-19)38-16-4-2/h4,8-15,17-18,27H,2-3,5-7,16H2,1H3,(H,35,36). The van der Waals surface area contributed by atoms with Crippen LogP contribution in [0.2, 0.25) is 0 Å². The van der Waals surface area contributed by atoms with Crippen molar-refractivity contribution in [3.63, 3.8) is 0 Å². The fourth-order valence-corrected chi connectivity index (χ4v) is 3.96. The van der Waals surface area contributed by atoms with Crippen LogP contribution in [0.5, 0.6) is 5.75 Å². The van der Waals surface area contributed by atoms with Gasteiger partial charge in [0.1, 0.15) is 18.2 Å². The highest BCUT2D eigenvalue weighted by atomic mass is 19.4. The van der Waals surface area contributed by atoms with Gasteiger partial charge < -0.3 is 14.6 Å². The Labute approximate surface area is 223 Å². The lowest BCUT2D eigenvalue weighted by Gasteiger charge is -2.21. The first kappa shape index (κ1) is 29.4. The molecule has 0 saturated heterocycles. The number of carboxylic acid groups (broad SMARTS) is 1. The number of ether oxygens (including phenoxy) is 2. The smallest absolute Gasteiger partial charge is 0.425 e. The molecule has 3 aromatic rings. The van der Waals surface area contributed by atoms with E-state index in [1.165, 1.54) is 18.2 Å². The van der Waals surface area contributed by atoms with Crippen molar-refractivity contribution in [2.75, 3.05) is 6.61 Å². The normalized spacial score (nSPS) is 12.0. The number of hydrogen-bond acceptors (Lipinski definition) is 4. The molecule has 0 aliphatic heterocycles. The molecule has 0 aromatic heterocycles. The van der Waals surface area contributed by atoms with Crippen LogP contribution in [0.15, 0.2) is 73.3 Å². The quantitative estimate of drug-likeness (QED) is 0.108. The van der Waals surface area contributed by atoms with Crippen molar-refractivity contribution in [2.24, 2.45) is 0 Å². The van der Waals surface area contributed by atoms with Gasteiger partial charge in [0.15, 0.2) is 6.10 Å². The summed E-state index contributed by atoms with van der Waals surface area (Å²) < 4.78 is 65.3. The number of carboxylic acids is 1. The van der Waals surface area contributed by atoms with Gasteiger partial charge in [-0.1, -0.05) is 56.7 Å². The van der Waals surface area contributed by atoms with E-state index in [-0.39, 0.29) is 17.5 Å². The first-order valence-corrected chi connectivity index (χ1v) is 12.3. The molecule has 3 aromatic carbocycles. The third-order valence-electron chi connectivity index (χ3n) is 5.98. The molecule has 0 bridgehead atoms. The molecule has 1 atom stereocenters. The van der Waals surface area contributed by atoms with Crippen LogP contribution in [0, 0.1) is 5.82 Å². The first-order valence-electron chi connectivity index (χ1n) is 12.3. The van der Waals surface area contributed by atoms with Crippen molar-refractivity contribution in [3.8, 4) is 28.0 Å². The number of esters is 1. The van der Waals surface area contributed by atoms with Gasteiger partial charge in [-0.2, -0.15) is 13.2 Å². The second-order valence-corrected chi connectivity index (χ2v) is 8.82. The zero-order chi connectivity index (χ0) is 28.6. The molecule has 0 saturated carbocycles. The van der Waals surface area contributed by atoms with E-state index in [0.717, 1.165) is 12.1 Å². The molecule has 0 heterocycles. The third-order valence-corrected chi connectivity index (χ3v) is 5.98. The van der Waals surface area contributed by atoms with Gasteiger partial charge in [0.25, 0.3) is 0 Å². The Morgan fingerprint density at radius 1 is 0.974 bits per heavy atom. The summed E-state index contributed by atoms with van der Waals surface area (Å²) in [4.78, 5) is 24.1. The predicted molar refractivity (Wildman–Crippen MR) is 139 cm³/mol. The van der Waals surface area contributed by atoms with Crippen LogP contribution in [0.3, 0.4) is 0 Å². The number of hydrogen-bond donors (Lipinski definition) is 1. The minimum atomic E-state index is -4.78. The number of alkyl halides is 3. The molecular weight excluding hydrogens is 516 g/mol. The first-order chi connectivity index (χ1) is 18.5. The highest BCUT2D eigenvalue weighted by molar-refractivity contribution is 5.95. The highest BCUT2D eigenvalue weighted by Gasteiger charge is 2.42. The molecule has 0 fully saturated rings. The van der Waals surface area contributed by atoms with E-state index in [1.54, 1.807) is 36.4 Å². The Bertz CT molecular complexity index is 1320. The van der Waals surface area contributed by atoms with Crippen LogP contribution in [-0.2, 0) is 4.74 Å². The maximum atomic E-state index is 15.1. The summed E-state index contributed by atoms with van der Waals surface area (Å²) in [7, 11) is 0. The van der Waals surface area contributed by atoms with Gasteiger partial charge in [0.2, 0.25) is 0 Å². The molecule has 0 radical (unpaired) electrons. The molecule has 206 valence electrons. The number of unbranched alkanes of at least 4 members (excludes halogenated alkanes) is 2. The topological polar surface area (TPSA) is 72.8 Å². The second-order valence-electron chi connectivity index (χ2n) is 8.82. The molecule has 1 unspecified atom stereocenters. The maximum absolute atomic E-state index is 15.1.